The lowest BCUT2D eigenvalue weighted by atomic mass is 10.1. The Morgan fingerprint density at radius 1 is 1.33 bits per heavy atom. The van der Waals surface area contributed by atoms with Gasteiger partial charge in [0.2, 0.25) is 0 Å². The van der Waals surface area contributed by atoms with Crippen LogP contribution in [0.4, 0.5) is 0 Å². The Labute approximate surface area is 114 Å². The molecule has 2 atom stereocenters. The molecular formula is C15H33N3. The Morgan fingerprint density at radius 2 is 2.06 bits per heavy atom. The van der Waals surface area contributed by atoms with E-state index in [1.54, 1.807) is 0 Å². The maximum atomic E-state index is 3.60. The third-order valence-corrected chi connectivity index (χ3v) is 4.06. The zero-order valence-electron chi connectivity index (χ0n) is 13.1. The molecule has 3 heteroatoms. The third kappa shape index (κ3) is 5.68. The van der Waals surface area contributed by atoms with Crippen molar-refractivity contribution in [2.45, 2.75) is 39.7 Å². The number of hydrogen-bond donors (Lipinski definition) is 1. The molecule has 0 radical (unpaired) electrons. The van der Waals surface area contributed by atoms with Gasteiger partial charge in [-0.3, -0.25) is 0 Å². The zero-order chi connectivity index (χ0) is 13.5. The number of hydrogen-bond acceptors (Lipinski definition) is 3. The van der Waals surface area contributed by atoms with Crippen LogP contribution in [0.2, 0.25) is 0 Å². The molecule has 0 amide bonds. The van der Waals surface area contributed by atoms with E-state index in [2.05, 4.69) is 50.0 Å². The first-order valence-corrected chi connectivity index (χ1v) is 7.62. The smallest absolute Gasteiger partial charge is 0.0215 e. The summed E-state index contributed by atoms with van der Waals surface area (Å²) in [6.45, 7) is 12.9. The predicted octanol–water partition coefficient (Wildman–Crippen LogP) is 1.89. The van der Waals surface area contributed by atoms with Gasteiger partial charge >= 0.3 is 0 Å². The first kappa shape index (κ1) is 15.9. The lowest BCUT2D eigenvalue weighted by Crippen LogP contribution is -2.43. The Bertz CT molecular complexity index is 218. The van der Waals surface area contributed by atoms with Crippen LogP contribution in [0.25, 0.3) is 0 Å². The van der Waals surface area contributed by atoms with Crippen LogP contribution in [0.1, 0.15) is 33.6 Å². The van der Waals surface area contributed by atoms with Gasteiger partial charge in [-0.2, -0.15) is 0 Å². The maximum absolute atomic E-state index is 3.60. The third-order valence-electron chi connectivity index (χ3n) is 4.06. The molecule has 0 aromatic rings. The molecule has 0 aliphatic carbocycles. The van der Waals surface area contributed by atoms with Crippen molar-refractivity contribution >= 4 is 0 Å². The van der Waals surface area contributed by atoms with Crippen LogP contribution >= 0.6 is 0 Å². The van der Waals surface area contributed by atoms with E-state index in [-0.39, 0.29) is 0 Å². The largest absolute Gasteiger partial charge is 0.315 e. The molecule has 0 spiro atoms. The van der Waals surface area contributed by atoms with E-state index in [9.17, 15) is 0 Å². The average molecular weight is 255 g/mol. The van der Waals surface area contributed by atoms with Gasteiger partial charge in [0, 0.05) is 25.7 Å². The molecule has 1 aliphatic heterocycles. The highest BCUT2D eigenvalue weighted by atomic mass is 15.2. The maximum Gasteiger partial charge on any atom is 0.0215 e. The van der Waals surface area contributed by atoms with Crippen LogP contribution in [0, 0.1) is 11.8 Å². The van der Waals surface area contributed by atoms with Gasteiger partial charge in [-0.05, 0) is 51.9 Å². The minimum absolute atomic E-state index is 0.689. The van der Waals surface area contributed by atoms with Gasteiger partial charge in [0.1, 0.15) is 0 Å². The lowest BCUT2D eigenvalue weighted by Gasteiger charge is -2.30. The molecule has 1 rings (SSSR count). The van der Waals surface area contributed by atoms with Crippen molar-refractivity contribution in [1.82, 2.24) is 15.1 Å². The fraction of sp³-hybridized carbons (Fsp3) is 1.00. The second kappa shape index (κ2) is 8.13. The van der Waals surface area contributed by atoms with Crippen LogP contribution in [-0.2, 0) is 0 Å². The van der Waals surface area contributed by atoms with Crippen LogP contribution in [0.5, 0.6) is 0 Å². The van der Waals surface area contributed by atoms with Gasteiger partial charge in [-0.15, -0.1) is 0 Å². The van der Waals surface area contributed by atoms with E-state index in [1.165, 1.54) is 32.5 Å². The van der Waals surface area contributed by atoms with Crippen LogP contribution in [0.15, 0.2) is 0 Å². The Balaban J connectivity index is 2.25. The number of nitrogens with zero attached hydrogens (tertiary/aromatic N) is 2. The summed E-state index contributed by atoms with van der Waals surface area (Å²) in [5.74, 6) is 1.62. The minimum Gasteiger partial charge on any atom is -0.315 e. The number of rotatable bonds is 8. The van der Waals surface area contributed by atoms with Gasteiger partial charge in [0.05, 0.1) is 0 Å². The second-order valence-corrected chi connectivity index (χ2v) is 6.47. The van der Waals surface area contributed by atoms with Gasteiger partial charge in [-0.1, -0.05) is 20.8 Å². The van der Waals surface area contributed by atoms with E-state index >= 15 is 0 Å². The van der Waals surface area contributed by atoms with E-state index in [1.807, 2.05) is 0 Å². The highest BCUT2D eigenvalue weighted by Gasteiger charge is 2.23. The van der Waals surface area contributed by atoms with Gasteiger partial charge < -0.3 is 15.1 Å². The molecule has 1 saturated heterocycles. The van der Waals surface area contributed by atoms with Crippen molar-refractivity contribution in [1.29, 1.82) is 0 Å². The first-order valence-electron chi connectivity index (χ1n) is 7.62. The highest BCUT2D eigenvalue weighted by Crippen LogP contribution is 2.16. The molecule has 18 heavy (non-hydrogen) atoms. The summed E-state index contributed by atoms with van der Waals surface area (Å²) in [5, 5.41) is 3.60. The summed E-state index contributed by atoms with van der Waals surface area (Å²) in [6, 6.07) is 0.689. The lowest BCUT2D eigenvalue weighted by molar-refractivity contribution is 0.196. The Morgan fingerprint density at radius 3 is 2.56 bits per heavy atom. The molecule has 108 valence electrons. The molecule has 0 aromatic heterocycles. The van der Waals surface area contributed by atoms with E-state index in [0.717, 1.165) is 24.9 Å². The van der Waals surface area contributed by atoms with Crippen molar-refractivity contribution in [2.75, 3.05) is 46.8 Å². The normalized spacial score (nSPS) is 23.2. The topological polar surface area (TPSA) is 18.5 Å². The summed E-state index contributed by atoms with van der Waals surface area (Å²) >= 11 is 0. The molecule has 1 heterocycles. The average Bonchev–Trinajstić information content (AvgIpc) is 2.69. The Hall–Kier alpha value is -0.120. The van der Waals surface area contributed by atoms with Crippen molar-refractivity contribution < 1.29 is 0 Å². The second-order valence-electron chi connectivity index (χ2n) is 6.47. The SMILES string of the molecule is CCC(CNCC(C)C)N(C)CC1CCN(C)C1. The highest BCUT2D eigenvalue weighted by molar-refractivity contribution is 4.78. The van der Waals surface area contributed by atoms with E-state index < -0.39 is 0 Å². The molecule has 0 aromatic carbocycles. The number of likely N-dealkylation sites (tertiary alicyclic amines) is 1. The van der Waals surface area contributed by atoms with Gasteiger partial charge in [-0.25, -0.2) is 0 Å². The monoisotopic (exact) mass is 255 g/mol. The molecule has 3 nitrogen and oxygen atoms in total. The summed E-state index contributed by atoms with van der Waals surface area (Å²) in [7, 11) is 4.53. The van der Waals surface area contributed by atoms with Gasteiger partial charge in [0.25, 0.3) is 0 Å². The fourth-order valence-corrected chi connectivity index (χ4v) is 2.88. The fourth-order valence-electron chi connectivity index (χ4n) is 2.88. The summed E-state index contributed by atoms with van der Waals surface area (Å²) in [4.78, 5) is 5.02. The molecule has 0 bridgehead atoms. The summed E-state index contributed by atoms with van der Waals surface area (Å²) < 4.78 is 0. The molecule has 0 saturated carbocycles. The van der Waals surface area contributed by atoms with Gasteiger partial charge in [0.15, 0.2) is 0 Å². The standard InChI is InChI=1S/C15H33N3/c1-6-15(10-16-9-13(2)3)18(5)12-14-7-8-17(4)11-14/h13-16H,6-12H2,1-5H3. The molecule has 1 N–H and O–H groups in total. The summed E-state index contributed by atoms with van der Waals surface area (Å²) in [5.41, 5.74) is 0. The van der Waals surface area contributed by atoms with Crippen molar-refractivity contribution in [3.8, 4) is 0 Å². The van der Waals surface area contributed by atoms with Crippen molar-refractivity contribution in [3.63, 3.8) is 0 Å². The van der Waals surface area contributed by atoms with Crippen molar-refractivity contribution in [3.05, 3.63) is 0 Å². The van der Waals surface area contributed by atoms with Crippen LogP contribution in [-0.4, -0.2) is 62.7 Å². The van der Waals surface area contributed by atoms with Crippen LogP contribution < -0.4 is 5.32 Å². The number of likely N-dealkylation sites (N-methyl/N-ethyl adjacent to an activating group) is 1. The minimum atomic E-state index is 0.689. The van der Waals surface area contributed by atoms with E-state index in [0.29, 0.717) is 6.04 Å². The molecule has 1 aliphatic rings. The molecular weight excluding hydrogens is 222 g/mol. The van der Waals surface area contributed by atoms with Crippen molar-refractivity contribution in [2.24, 2.45) is 11.8 Å². The molecule has 1 fully saturated rings. The number of nitrogens with one attached hydrogen (secondary N) is 1. The van der Waals surface area contributed by atoms with E-state index in [4.69, 9.17) is 0 Å². The Kier molecular flexibility index (Phi) is 7.20. The first-order chi connectivity index (χ1) is 8.52. The quantitative estimate of drug-likeness (QED) is 0.714. The summed E-state index contributed by atoms with van der Waals surface area (Å²) in [6.07, 6.45) is 2.61. The predicted molar refractivity (Wildman–Crippen MR) is 80.0 cm³/mol. The molecule has 2 unspecified atom stereocenters. The zero-order valence-corrected chi connectivity index (χ0v) is 13.1. The van der Waals surface area contributed by atoms with Crippen LogP contribution in [0.3, 0.4) is 0 Å².